The predicted molar refractivity (Wildman–Crippen MR) is 69.2 cm³/mol. The SMILES string of the molecule is CCCNC(C)C(C)c1ccn2nccc2n1. The minimum absolute atomic E-state index is 0.404. The van der Waals surface area contributed by atoms with Crippen LogP contribution in [0.3, 0.4) is 0 Å². The molecule has 0 aliphatic rings. The lowest BCUT2D eigenvalue weighted by molar-refractivity contribution is 0.474. The monoisotopic (exact) mass is 232 g/mol. The Morgan fingerprint density at radius 2 is 2.18 bits per heavy atom. The van der Waals surface area contributed by atoms with Gasteiger partial charge < -0.3 is 5.32 Å². The summed E-state index contributed by atoms with van der Waals surface area (Å²) in [5.74, 6) is 0.404. The van der Waals surface area contributed by atoms with Crippen molar-refractivity contribution < 1.29 is 0 Å². The lowest BCUT2D eigenvalue weighted by Crippen LogP contribution is -2.31. The molecule has 0 saturated carbocycles. The predicted octanol–water partition coefficient (Wildman–Crippen LogP) is 2.22. The molecule has 0 aliphatic heterocycles. The first-order chi connectivity index (χ1) is 8.22. The maximum atomic E-state index is 4.62. The van der Waals surface area contributed by atoms with Gasteiger partial charge in [0.2, 0.25) is 0 Å². The summed E-state index contributed by atoms with van der Waals surface area (Å²) in [6, 6.07) is 4.42. The molecular weight excluding hydrogens is 212 g/mol. The molecule has 0 radical (unpaired) electrons. The summed E-state index contributed by atoms with van der Waals surface area (Å²) in [6.07, 6.45) is 4.91. The van der Waals surface area contributed by atoms with E-state index in [4.69, 9.17) is 0 Å². The molecule has 2 rings (SSSR count). The van der Waals surface area contributed by atoms with Crippen LogP contribution in [-0.2, 0) is 0 Å². The standard InChI is InChI=1S/C13H20N4/c1-4-7-14-11(3)10(2)12-6-9-17-13(16-12)5-8-15-17/h5-6,8-11,14H,4,7H2,1-3H3. The molecule has 0 amide bonds. The second-order valence-corrected chi connectivity index (χ2v) is 4.52. The summed E-state index contributed by atoms with van der Waals surface area (Å²) < 4.78 is 1.79. The molecule has 17 heavy (non-hydrogen) atoms. The quantitative estimate of drug-likeness (QED) is 0.859. The molecule has 0 saturated heterocycles. The van der Waals surface area contributed by atoms with Crippen LogP contribution in [0.4, 0.5) is 0 Å². The minimum Gasteiger partial charge on any atom is -0.314 e. The summed E-state index contributed by atoms with van der Waals surface area (Å²) in [6.45, 7) is 7.66. The number of nitrogens with one attached hydrogen (secondary N) is 1. The van der Waals surface area contributed by atoms with Crippen LogP contribution < -0.4 is 5.32 Å². The molecule has 2 unspecified atom stereocenters. The smallest absolute Gasteiger partial charge is 0.155 e. The Morgan fingerprint density at radius 3 is 2.94 bits per heavy atom. The van der Waals surface area contributed by atoms with Gasteiger partial charge in [0.25, 0.3) is 0 Å². The van der Waals surface area contributed by atoms with Gasteiger partial charge in [-0.3, -0.25) is 0 Å². The van der Waals surface area contributed by atoms with E-state index in [1.54, 1.807) is 10.7 Å². The first-order valence-corrected chi connectivity index (χ1v) is 6.26. The van der Waals surface area contributed by atoms with Crippen molar-refractivity contribution in [3.63, 3.8) is 0 Å². The average Bonchev–Trinajstić information content (AvgIpc) is 2.81. The van der Waals surface area contributed by atoms with Crippen LogP contribution >= 0.6 is 0 Å². The average molecular weight is 232 g/mol. The van der Waals surface area contributed by atoms with E-state index in [0.717, 1.165) is 24.3 Å². The van der Waals surface area contributed by atoms with E-state index < -0.39 is 0 Å². The lowest BCUT2D eigenvalue weighted by Gasteiger charge is -2.20. The van der Waals surface area contributed by atoms with Gasteiger partial charge in [0, 0.05) is 29.9 Å². The highest BCUT2D eigenvalue weighted by Gasteiger charge is 2.15. The van der Waals surface area contributed by atoms with Crippen molar-refractivity contribution in [3.05, 3.63) is 30.2 Å². The third-order valence-corrected chi connectivity index (χ3v) is 3.21. The summed E-state index contributed by atoms with van der Waals surface area (Å²) in [4.78, 5) is 4.62. The van der Waals surface area contributed by atoms with Gasteiger partial charge in [-0.25, -0.2) is 9.50 Å². The molecule has 2 aromatic heterocycles. The van der Waals surface area contributed by atoms with Gasteiger partial charge in [-0.15, -0.1) is 0 Å². The van der Waals surface area contributed by atoms with Crippen LogP contribution in [0.2, 0.25) is 0 Å². The number of hydrogen-bond donors (Lipinski definition) is 1. The second kappa shape index (κ2) is 5.27. The fourth-order valence-corrected chi connectivity index (χ4v) is 1.89. The van der Waals surface area contributed by atoms with Gasteiger partial charge in [-0.2, -0.15) is 5.10 Å². The van der Waals surface area contributed by atoms with Crippen molar-refractivity contribution >= 4 is 5.65 Å². The summed E-state index contributed by atoms with van der Waals surface area (Å²) in [7, 11) is 0. The topological polar surface area (TPSA) is 42.2 Å². The van der Waals surface area contributed by atoms with E-state index in [1.807, 2.05) is 12.3 Å². The fourth-order valence-electron chi connectivity index (χ4n) is 1.89. The molecule has 0 aromatic carbocycles. The largest absolute Gasteiger partial charge is 0.314 e. The van der Waals surface area contributed by atoms with Gasteiger partial charge in [0.15, 0.2) is 5.65 Å². The molecule has 0 fully saturated rings. The molecular formula is C13H20N4. The molecule has 4 heteroatoms. The molecule has 0 bridgehead atoms. The third kappa shape index (κ3) is 2.64. The first kappa shape index (κ1) is 12.0. The van der Waals surface area contributed by atoms with E-state index >= 15 is 0 Å². The third-order valence-electron chi connectivity index (χ3n) is 3.21. The Labute approximate surface area is 102 Å². The fraction of sp³-hybridized carbons (Fsp3) is 0.538. The molecule has 2 aromatic rings. The molecule has 0 spiro atoms. The number of aromatic nitrogens is 3. The Bertz CT molecular complexity index is 477. The highest BCUT2D eigenvalue weighted by molar-refractivity contribution is 5.37. The van der Waals surface area contributed by atoms with Crippen molar-refractivity contribution in [2.75, 3.05) is 6.54 Å². The maximum absolute atomic E-state index is 4.62. The number of rotatable bonds is 5. The number of hydrogen-bond acceptors (Lipinski definition) is 3. The molecule has 1 N–H and O–H groups in total. The first-order valence-electron chi connectivity index (χ1n) is 6.26. The summed E-state index contributed by atoms with van der Waals surface area (Å²) >= 11 is 0. The Hall–Kier alpha value is -1.42. The van der Waals surface area contributed by atoms with Crippen molar-refractivity contribution in [1.82, 2.24) is 19.9 Å². The minimum atomic E-state index is 0.404. The van der Waals surface area contributed by atoms with Crippen LogP contribution in [0.5, 0.6) is 0 Å². The van der Waals surface area contributed by atoms with Crippen LogP contribution in [0.1, 0.15) is 38.8 Å². The lowest BCUT2D eigenvalue weighted by atomic mass is 9.99. The van der Waals surface area contributed by atoms with E-state index in [-0.39, 0.29) is 0 Å². The van der Waals surface area contributed by atoms with Crippen LogP contribution in [-0.4, -0.2) is 27.2 Å². The maximum Gasteiger partial charge on any atom is 0.155 e. The zero-order valence-electron chi connectivity index (χ0n) is 10.7. The van der Waals surface area contributed by atoms with Gasteiger partial charge in [0.05, 0.1) is 6.20 Å². The van der Waals surface area contributed by atoms with Gasteiger partial charge >= 0.3 is 0 Å². The highest BCUT2D eigenvalue weighted by atomic mass is 15.2. The number of nitrogens with zero attached hydrogens (tertiary/aromatic N) is 3. The van der Waals surface area contributed by atoms with Crippen molar-refractivity contribution in [2.45, 2.75) is 39.2 Å². The van der Waals surface area contributed by atoms with E-state index in [2.05, 4.69) is 42.2 Å². The Kier molecular flexibility index (Phi) is 3.74. The zero-order chi connectivity index (χ0) is 12.3. The Morgan fingerprint density at radius 1 is 1.35 bits per heavy atom. The van der Waals surface area contributed by atoms with Gasteiger partial charge in [-0.1, -0.05) is 13.8 Å². The van der Waals surface area contributed by atoms with E-state index in [1.165, 1.54) is 0 Å². The van der Waals surface area contributed by atoms with E-state index in [0.29, 0.717) is 12.0 Å². The Balaban J connectivity index is 2.14. The molecule has 92 valence electrons. The van der Waals surface area contributed by atoms with Crippen LogP contribution in [0.25, 0.3) is 5.65 Å². The molecule has 2 atom stereocenters. The molecule has 2 heterocycles. The second-order valence-electron chi connectivity index (χ2n) is 4.52. The highest BCUT2D eigenvalue weighted by Crippen LogP contribution is 2.17. The van der Waals surface area contributed by atoms with Crippen molar-refractivity contribution in [2.24, 2.45) is 0 Å². The van der Waals surface area contributed by atoms with Crippen molar-refractivity contribution in [3.8, 4) is 0 Å². The summed E-state index contributed by atoms with van der Waals surface area (Å²) in [5, 5.41) is 7.66. The molecule has 4 nitrogen and oxygen atoms in total. The van der Waals surface area contributed by atoms with Gasteiger partial charge in [-0.05, 0) is 26.0 Å². The van der Waals surface area contributed by atoms with E-state index in [9.17, 15) is 0 Å². The van der Waals surface area contributed by atoms with Gasteiger partial charge in [0.1, 0.15) is 0 Å². The molecule has 0 aliphatic carbocycles. The number of fused-ring (bicyclic) bond motifs is 1. The normalized spacial score (nSPS) is 15.0. The summed E-state index contributed by atoms with van der Waals surface area (Å²) in [5.41, 5.74) is 2.03. The van der Waals surface area contributed by atoms with Crippen molar-refractivity contribution in [1.29, 1.82) is 0 Å². The zero-order valence-corrected chi connectivity index (χ0v) is 10.7. The van der Waals surface area contributed by atoms with Crippen LogP contribution in [0.15, 0.2) is 24.5 Å². The van der Waals surface area contributed by atoms with Crippen LogP contribution in [0, 0.1) is 0 Å².